The number of aromatic amines is 1. The highest BCUT2D eigenvalue weighted by atomic mass is 32.2. The van der Waals surface area contributed by atoms with E-state index in [1.54, 1.807) is 18.4 Å². The lowest BCUT2D eigenvalue weighted by atomic mass is 10.3. The van der Waals surface area contributed by atoms with Crippen LogP contribution < -0.4 is 10.9 Å². The fourth-order valence-corrected chi connectivity index (χ4v) is 1.84. The minimum atomic E-state index is -0.987. The predicted molar refractivity (Wildman–Crippen MR) is 66.3 cm³/mol. The zero-order valence-electron chi connectivity index (χ0n) is 9.33. The Morgan fingerprint density at radius 3 is 2.83 bits per heavy atom. The summed E-state index contributed by atoms with van der Waals surface area (Å²) in [7, 11) is 0. The van der Waals surface area contributed by atoms with Gasteiger partial charge in [0.25, 0.3) is 5.56 Å². The molecule has 2 aromatic rings. The molecule has 2 rings (SSSR count). The van der Waals surface area contributed by atoms with Crippen molar-refractivity contribution in [3.63, 3.8) is 0 Å². The number of nitrogens with one attached hydrogen (secondary N) is 2. The Hall–Kier alpha value is -1.89. The Morgan fingerprint density at radius 1 is 1.39 bits per heavy atom. The molecule has 0 atom stereocenters. The molecule has 0 amide bonds. The number of aromatic nitrogens is 2. The van der Waals surface area contributed by atoms with Crippen LogP contribution in [0.25, 0.3) is 0 Å². The molecule has 4 nitrogen and oxygen atoms in total. The van der Waals surface area contributed by atoms with Crippen LogP contribution in [0.1, 0.15) is 0 Å². The number of anilines is 2. The molecule has 7 heteroatoms. The van der Waals surface area contributed by atoms with Crippen molar-refractivity contribution in [2.45, 2.75) is 4.90 Å². The topological polar surface area (TPSA) is 57.8 Å². The monoisotopic (exact) mass is 269 g/mol. The van der Waals surface area contributed by atoms with Crippen LogP contribution >= 0.6 is 11.8 Å². The van der Waals surface area contributed by atoms with E-state index in [4.69, 9.17) is 0 Å². The van der Waals surface area contributed by atoms with E-state index in [9.17, 15) is 13.6 Å². The fraction of sp³-hybridized carbons (Fsp3) is 0.0909. The SMILES string of the molecule is CSc1cccc(Nc2ncc(F)c(=O)[nH]2)c1F. The van der Waals surface area contributed by atoms with Crippen LogP contribution in [-0.2, 0) is 0 Å². The van der Waals surface area contributed by atoms with E-state index in [1.807, 2.05) is 0 Å². The quantitative estimate of drug-likeness (QED) is 0.841. The summed E-state index contributed by atoms with van der Waals surface area (Å²) in [6.45, 7) is 0. The van der Waals surface area contributed by atoms with E-state index in [1.165, 1.54) is 17.8 Å². The number of rotatable bonds is 3. The van der Waals surface area contributed by atoms with Gasteiger partial charge in [0.05, 0.1) is 11.9 Å². The van der Waals surface area contributed by atoms with E-state index in [2.05, 4.69) is 15.3 Å². The Bertz CT molecular complexity index is 630. The number of benzene rings is 1. The molecule has 0 unspecified atom stereocenters. The van der Waals surface area contributed by atoms with Crippen molar-refractivity contribution >= 4 is 23.4 Å². The zero-order chi connectivity index (χ0) is 13.1. The average molecular weight is 269 g/mol. The molecule has 1 heterocycles. The van der Waals surface area contributed by atoms with E-state index in [0.29, 0.717) is 4.90 Å². The third-order valence-corrected chi connectivity index (χ3v) is 2.95. The van der Waals surface area contributed by atoms with E-state index < -0.39 is 17.2 Å². The number of hydrogen-bond acceptors (Lipinski definition) is 4. The van der Waals surface area contributed by atoms with Gasteiger partial charge in [-0.25, -0.2) is 9.37 Å². The Balaban J connectivity index is 2.34. The van der Waals surface area contributed by atoms with Gasteiger partial charge >= 0.3 is 0 Å². The van der Waals surface area contributed by atoms with Gasteiger partial charge in [0.15, 0.2) is 5.82 Å². The number of thioether (sulfide) groups is 1. The first kappa shape index (κ1) is 12.6. The van der Waals surface area contributed by atoms with Crippen LogP contribution in [-0.4, -0.2) is 16.2 Å². The minimum Gasteiger partial charge on any atom is -0.323 e. The van der Waals surface area contributed by atoms with Gasteiger partial charge in [-0.1, -0.05) is 6.07 Å². The molecule has 2 N–H and O–H groups in total. The van der Waals surface area contributed by atoms with Crippen LogP contribution in [0.5, 0.6) is 0 Å². The molecule has 0 saturated heterocycles. The predicted octanol–water partition coefficient (Wildman–Crippen LogP) is 2.51. The summed E-state index contributed by atoms with van der Waals surface area (Å²) in [4.78, 5) is 17.3. The Labute approximate surface area is 105 Å². The lowest BCUT2D eigenvalue weighted by Gasteiger charge is -2.08. The number of hydrogen-bond donors (Lipinski definition) is 2. The molecule has 0 spiro atoms. The van der Waals surface area contributed by atoms with Gasteiger partial charge in [-0.15, -0.1) is 11.8 Å². The average Bonchev–Trinajstić information content (AvgIpc) is 2.36. The van der Waals surface area contributed by atoms with Crippen LogP contribution in [0, 0.1) is 11.6 Å². The molecule has 0 fully saturated rings. The van der Waals surface area contributed by atoms with Gasteiger partial charge in [0, 0.05) is 4.90 Å². The molecule has 0 bridgehead atoms. The molecule has 1 aromatic carbocycles. The van der Waals surface area contributed by atoms with Crippen LogP contribution in [0.15, 0.2) is 34.1 Å². The summed E-state index contributed by atoms with van der Waals surface area (Å²) in [5.41, 5.74) is -0.745. The third-order valence-electron chi connectivity index (χ3n) is 2.19. The summed E-state index contributed by atoms with van der Waals surface area (Å²) in [6, 6.07) is 4.79. The number of H-pyrrole nitrogens is 1. The summed E-state index contributed by atoms with van der Waals surface area (Å²) < 4.78 is 26.6. The maximum atomic E-state index is 13.9. The molecule has 18 heavy (non-hydrogen) atoms. The van der Waals surface area contributed by atoms with Crippen molar-refractivity contribution in [3.8, 4) is 0 Å². The second kappa shape index (κ2) is 5.18. The summed E-state index contributed by atoms with van der Waals surface area (Å²) in [5.74, 6) is -1.45. The molecule has 0 aliphatic heterocycles. The molecule has 1 aromatic heterocycles. The smallest absolute Gasteiger partial charge is 0.288 e. The van der Waals surface area contributed by atoms with Crippen LogP contribution in [0.4, 0.5) is 20.4 Å². The van der Waals surface area contributed by atoms with Crippen molar-refractivity contribution in [2.75, 3.05) is 11.6 Å². The second-order valence-corrected chi connectivity index (χ2v) is 4.20. The molecular formula is C11H9F2N3OS. The molecular weight excluding hydrogens is 260 g/mol. The molecule has 0 radical (unpaired) electrons. The Morgan fingerprint density at radius 2 is 2.17 bits per heavy atom. The highest BCUT2D eigenvalue weighted by Gasteiger charge is 2.08. The zero-order valence-corrected chi connectivity index (χ0v) is 10.1. The van der Waals surface area contributed by atoms with Gasteiger partial charge in [-0.3, -0.25) is 9.78 Å². The second-order valence-electron chi connectivity index (χ2n) is 3.36. The van der Waals surface area contributed by atoms with Crippen molar-refractivity contribution in [1.82, 2.24) is 9.97 Å². The first-order chi connectivity index (χ1) is 8.61. The molecule has 0 aliphatic rings. The van der Waals surface area contributed by atoms with Crippen LogP contribution in [0.2, 0.25) is 0 Å². The summed E-state index contributed by atoms with van der Waals surface area (Å²) in [5, 5.41) is 2.59. The van der Waals surface area contributed by atoms with E-state index >= 15 is 0 Å². The van der Waals surface area contributed by atoms with E-state index in [-0.39, 0.29) is 11.6 Å². The van der Waals surface area contributed by atoms with Crippen molar-refractivity contribution in [2.24, 2.45) is 0 Å². The molecule has 0 aliphatic carbocycles. The van der Waals surface area contributed by atoms with Gasteiger partial charge in [0.2, 0.25) is 11.8 Å². The van der Waals surface area contributed by atoms with Crippen LogP contribution in [0.3, 0.4) is 0 Å². The molecule has 0 saturated carbocycles. The fourth-order valence-electron chi connectivity index (χ4n) is 1.34. The highest BCUT2D eigenvalue weighted by molar-refractivity contribution is 7.98. The lowest BCUT2D eigenvalue weighted by molar-refractivity contribution is 0.599. The first-order valence-electron chi connectivity index (χ1n) is 4.96. The summed E-state index contributed by atoms with van der Waals surface area (Å²) >= 11 is 1.26. The van der Waals surface area contributed by atoms with Crippen molar-refractivity contribution < 1.29 is 8.78 Å². The van der Waals surface area contributed by atoms with Gasteiger partial charge in [-0.2, -0.15) is 4.39 Å². The standard InChI is InChI=1S/C11H9F2N3OS/c1-18-8-4-2-3-7(9(8)13)15-11-14-5-6(12)10(17)16-11/h2-5H,1H3,(H2,14,15,16,17). The van der Waals surface area contributed by atoms with E-state index in [0.717, 1.165) is 6.20 Å². The number of halogens is 2. The Kier molecular flexibility index (Phi) is 3.61. The van der Waals surface area contributed by atoms with Gasteiger partial charge in [0.1, 0.15) is 0 Å². The van der Waals surface area contributed by atoms with Crippen molar-refractivity contribution in [1.29, 1.82) is 0 Å². The minimum absolute atomic E-state index is 0.0152. The van der Waals surface area contributed by atoms with Crippen molar-refractivity contribution in [3.05, 3.63) is 46.4 Å². The largest absolute Gasteiger partial charge is 0.323 e. The summed E-state index contributed by atoms with van der Waals surface area (Å²) in [6.07, 6.45) is 2.53. The maximum absolute atomic E-state index is 13.9. The third kappa shape index (κ3) is 2.51. The maximum Gasteiger partial charge on any atom is 0.288 e. The highest BCUT2D eigenvalue weighted by Crippen LogP contribution is 2.26. The number of nitrogens with zero attached hydrogens (tertiary/aromatic N) is 1. The normalized spacial score (nSPS) is 10.4. The molecule has 94 valence electrons. The van der Waals surface area contributed by atoms with Gasteiger partial charge in [-0.05, 0) is 18.4 Å². The first-order valence-corrected chi connectivity index (χ1v) is 6.18. The lowest BCUT2D eigenvalue weighted by Crippen LogP contribution is -2.14. The van der Waals surface area contributed by atoms with Gasteiger partial charge < -0.3 is 5.32 Å².